The van der Waals surface area contributed by atoms with Crippen molar-refractivity contribution in [3.8, 4) is 10.6 Å². The Balaban J connectivity index is 1.38. The predicted molar refractivity (Wildman–Crippen MR) is 121 cm³/mol. The number of benzene rings is 2. The molecule has 0 radical (unpaired) electrons. The SMILES string of the molecule is Cc1nc(-c2ccc(Cl)cc2)sc1C(=O)NC[C@H]1CCCN(c2ccccc2)C1. The van der Waals surface area contributed by atoms with Crippen LogP contribution in [0.3, 0.4) is 0 Å². The van der Waals surface area contributed by atoms with Crippen LogP contribution in [0.2, 0.25) is 5.02 Å². The first-order valence-corrected chi connectivity index (χ1v) is 11.1. The summed E-state index contributed by atoms with van der Waals surface area (Å²) < 4.78 is 0. The number of piperidine rings is 1. The maximum absolute atomic E-state index is 12.8. The number of aromatic nitrogens is 1. The largest absolute Gasteiger partial charge is 0.371 e. The van der Waals surface area contributed by atoms with Gasteiger partial charge in [-0.05, 0) is 49.9 Å². The summed E-state index contributed by atoms with van der Waals surface area (Å²) in [5.74, 6) is 0.425. The zero-order valence-corrected chi connectivity index (χ0v) is 18.0. The number of anilines is 1. The van der Waals surface area contributed by atoms with Crippen molar-refractivity contribution in [3.05, 3.63) is 70.2 Å². The van der Waals surface area contributed by atoms with Crippen molar-refractivity contribution in [2.45, 2.75) is 19.8 Å². The highest BCUT2D eigenvalue weighted by molar-refractivity contribution is 7.17. The first kappa shape index (κ1) is 19.9. The number of thiazole rings is 1. The minimum absolute atomic E-state index is 0.0305. The van der Waals surface area contributed by atoms with Crippen molar-refractivity contribution in [1.29, 1.82) is 0 Å². The fraction of sp³-hybridized carbons (Fsp3) is 0.304. The number of rotatable bonds is 5. The third-order valence-corrected chi connectivity index (χ3v) is 6.74. The highest BCUT2D eigenvalue weighted by atomic mass is 35.5. The molecule has 1 N–H and O–H groups in total. The van der Waals surface area contributed by atoms with E-state index in [2.05, 4.69) is 39.5 Å². The van der Waals surface area contributed by atoms with E-state index in [1.807, 2.05) is 37.3 Å². The number of carbonyl (C=O) groups is 1. The number of hydrogen-bond donors (Lipinski definition) is 1. The van der Waals surface area contributed by atoms with E-state index in [0.29, 0.717) is 22.4 Å². The summed E-state index contributed by atoms with van der Waals surface area (Å²) in [7, 11) is 0. The van der Waals surface area contributed by atoms with Crippen molar-refractivity contribution in [3.63, 3.8) is 0 Å². The third-order valence-electron chi connectivity index (χ3n) is 5.29. The van der Waals surface area contributed by atoms with Gasteiger partial charge in [-0.2, -0.15) is 0 Å². The fourth-order valence-corrected chi connectivity index (χ4v) is 4.86. The number of nitrogens with zero attached hydrogens (tertiary/aromatic N) is 2. The van der Waals surface area contributed by atoms with Gasteiger partial charge in [-0.3, -0.25) is 4.79 Å². The second-order valence-corrected chi connectivity index (χ2v) is 8.88. The van der Waals surface area contributed by atoms with Gasteiger partial charge in [0.1, 0.15) is 9.88 Å². The van der Waals surface area contributed by atoms with E-state index >= 15 is 0 Å². The number of para-hydroxylation sites is 1. The lowest BCUT2D eigenvalue weighted by atomic mass is 9.97. The van der Waals surface area contributed by atoms with Crippen molar-refractivity contribution in [2.24, 2.45) is 5.92 Å². The van der Waals surface area contributed by atoms with Crippen molar-refractivity contribution < 1.29 is 4.79 Å². The fourth-order valence-electron chi connectivity index (χ4n) is 3.75. The molecule has 1 saturated heterocycles. The maximum Gasteiger partial charge on any atom is 0.263 e. The van der Waals surface area contributed by atoms with E-state index in [9.17, 15) is 4.79 Å². The second kappa shape index (κ2) is 8.97. The van der Waals surface area contributed by atoms with Crippen LogP contribution in [0.4, 0.5) is 5.69 Å². The van der Waals surface area contributed by atoms with Gasteiger partial charge in [0.2, 0.25) is 0 Å². The topological polar surface area (TPSA) is 45.2 Å². The summed E-state index contributed by atoms with van der Waals surface area (Å²) in [5, 5.41) is 4.68. The van der Waals surface area contributed by atoms with Gasteiger partial charge < -0.3 is 10.2 Å². The number of carbonyl (C=O) groups excluding carboxylic acids is 1. The zero-order chi connectivity index (χ0) is 20.2. The number of halogens is 1. The first-order chi connectivity index (χ1) is 14.1. The van der Waals surface area contributed by atoms with Gasteiger partial charge in [0, 0.05) is 35.9 Å². The Morgan fingerprint density at radius 3 is 2.72 bits per heavy atom. The van der Waals surface area contributed by atoms with Gasteiger partial charge in [0.15, 0.2) is 0 Å². The van der Waals surface area contributed by atoms with Crippen LogP contribution in [-0.4, -0.2) is 30.5 Å². The smallest absolute Gasteiger partial charge is 0.263 e. The molecule has 3 aromatic rings. The molecule has 1 aliphatic rings. The number of aryl methyl sites for hydroxylation is 1. The van der Waals surface area contributed by atoms with Crippen molar-refractivity contribution in [1.82, 2.24) is 10.3 Å². The van der Waals surface area contributed by atoms with E-state index in [-0.39, 0.29) is 5.91 Å². The summed E-state index contributed by atoms with van der Waals surface area (Å²) in [6, 6.07) is 18.0. The molecule has 0 bridgehead atoms. The highest BCUT2D eigenvalue weighted by Crippen LogP contribution is 2.29. The maximum atomic E-state index is 12.8. The lowest BCUT2D eigenvalue weighted by Gasteiger charge is -2.34. The average Bonchev–Trinajstić information content (AvgIpc) is 3.15. The molecule has 2 heterocycles. The molecule has 0 spiro atoms. The first-order valence-electron chi connectivity index (χ1n) is 9.91. The third kappa shape index (κ3) is 4.80. The Hall–Kier alpha value is -2.37. The molecular formula is C23H24ClN3OS. The van der Waals surface area contributed by atoms with Crippen LogP contribution in [-0.2, 0) is 0 Å². The van der Waals surface area contributed by atoms with E-state index in [4.69, 9.17) is 11.6 Å². The van der Waals surface area contributed by atoms with E-state index in [1.165, 1.54) is 17.0 Å². The molecule has 1 atom stereocenters. The van der Waals surface area contributed by atoms with Crippen molar-refractivity contribution >= 4 is 34.5 Å². The minimum atomic E-state index is -0.0305. The molecule has 1 aliphatic heterocycles. The van der Waals surface area contributed by atoms with E-state index in [0.717, 1.165) is 42.2 Å². The molecule has 29 heavy (non-hydrogen) atoms. The normalized spacial score (nSPS) is 16.6. The highest BCUT2D eigenvalue weighted by Gasteiger charge is 2.22. The molecule has 0 unspecified atom stereocenters. The Kier molecular flexibility index (Phi) is 6.16. The summed E-state index contributed by atoms with van der Waals surface area (Å²) in [4.78, 5) is 20.5. The molecule has 4 nitrogen and oxygen atoms in total. The summed E-state index contributed by atoms with van der Waals surface area (Å²) in [6.07, 6.45) is 2.29. The van der Waals surface area contributed by atoms with Crippen LogP contribution in [0.25, 0.3) is 10.6 Å². The van der Waals surface area contributed by atoms with Gasteiger partial charge in [0.25, 0.3) is 5.91 Å². The molecule has 2 aromatic carbocycles. The zero-order valence-electron chi connectivity index (χ0n) is 16.4. The van der Waals surface area contributed by atoms with E-state index < -0.39 is 0 Å². The Morgan fingerprint density at radius 1 is 1.21 bits per heavy atom. The Bertz CT molecular complexity index is 972. The molecule has 4 rings (SSSR count). The van der Waals surface area contributed by atoms with Gasteiger partial charge >= 0.3 is 0 Å². The Labute approximate surface area is 180 Å². The van der Waals surface area contributed by atoms with Gasteiger partial charge in [-0.1, -0.05) is 41.9 Å². The summed E-state index contributed by atoms with van der Waals surface area (Å²) >= 11 is 7.40. The number of nitrogens with one attached hydrogen (secondary N) is 1. The summed E-state index contributed by atoms with van der Waals surface area (Å²) in [5.41, 5.74) is 3.01. The van der Waals surface area contributed by atoms with Crippen LogP contribution < -0.4 is 10.2 Å². The van der Waals surface area contributed by atoms with Crippen LogP contribution in [0.5, 0.6) is 0 Å². The molecule has 6 heteroatoms. The lowest BCUT2D eigenvalue weighted by Crippen LogP contribution is -2.41. The quantitative estimate of drug-likeness (QED) is 0.593. The molecule has 1 aromatic heterocycles. The standard InChI is InChI=1S/C23H24ClN3OS/c1-16-21(29-23(26-16)18-9-11-19(24)12-10-18)22(28)25-14-17-6-5-13-27(15-17)20-7-3-2-4-8-20/h2-4,7-12,17H,5-6,13-15H2,1H3,(H,25,28)/t17-/m1/s1. The molecule has 150 valence electrons. The Morgan fingerprint density at radius 2 is 1.97 bits per heavy atom. The number of hydrogen-bond acceptors (Lipinski definition) is 4. The van der Waals surface area contributed by atoms with Gasteiger partial charge in [-0.15, -0.1) is 11.3 Å². The van der Waals surface area contributed by atoms with Crippen LogP contribution in [0.1, 0.15) is 28.2 Å². The predicted octanol–water partition coefficient (Wildman–Crippen LogP) is 5.42. The second-order valence-electron chi connectivity index (χ2n) is 7.44. The molecular weight excluding hydrogens is 402 g/mol. The van der Waals surface area contributed by atoms with Gasteiger partial charge in [0.05, 0.1) is 5.69 Å². The van der Waals surface area contributed by atoms with E-state index in [1.54, 1.807) is 0 Å². The number of amides is 1. The molecule has 1 fully saturated rings. The molecule has 0 saturated carbocycles. The lowest BCUT2D eigenvalue weighted by molar-refractivity contribution is 0.0949. The average molecular weight is 426 g/mol. The summed E-state index contributed by atoms with van der Waals surface area (Å²) in [6.45, 7) is 4.63. The van der Waals surface area contributed by atoms with Crippen molar-refractivity contribution in [2.75, 3.05) is 24.5 Å². The van der Waals surface area contributed by atoms with Crippen LogP contribution >= 0.6 is 22.9 Å². The molecule has 0 aliphatic carbocycles. The minimum Gasteiger partial charge on any atom is -0.371 e. The van der Waals surface area contributed by atoms with Gasteiger partial charge in [-0.25, -0.2) is 4.98 Å². The monoisotopic (exact) mass is 425 g/mol. The van der Waals surface area contributed by atoms with Crippen LogP contribution in [0, 0.1) is 12.8 Å². The molecule has 1 amide bonds. The van der Waals surface area contributed by atoms with Crippen LogP contribution in [0.15, 0.2) is 54.6 Å².